The summed E-state index contributed by atoms with van der Waals surface area (Å²) in [6, 6.07) is 2.30. The first-order chi connectivity index (χ1) is 5.90. The Bertz CT molecular complexity index is 244. The van der Waals surface area contributed by atoms with Crippen molar-refractivity contribution in [3.63, 3.8) is 0 Å². The largest absolute Gasteiger partial charge is 0.330 e. The smallest absolute Gasteiger partial charge is 0.0216 e. The van der Waals surface area contributed by atoms with Gasteiger partial charge in [-0.2, -0.15) is 0 Å². The molecule has 1 aliphatic heterocycles. The number of thiophene rings is 1. The maximum atomic E-state index is 5.51. The van der Waals surface area contributed by atoms with E-state index in [1.807, 2.05) is 11.3 Å². The van der Waals surface area contributed by atoms with Gasteiger partial charge in [0.2, 0.25) is 0 Å². The molecule has 0 saturated carbocycles. The lowest BCUT2D eigenvalue weighted by atomic mass is 10.1. The predicted molar refractivity (Wildman–Crippen MR) is 52.5 cm³/mol. The second kappa shape index (κ2) is 3.56. The zero-order valence-electron chi connectivity index (χ0n) is 7.10. The summed E-state index contributed by atoms with van der Waals surface area (Å²) in [6.07, 6.45) is 2.24. The van der Waals surface area contributed by atoms with Crippen molar-refractivity contribution in [2.24, 2.45) is 5.73 Å². The molecule has 0 radical (unpaired) electrons. The van der Waals surface area contributed by atoms with Gasteiger partial charge < -0.3 is 11.1 Å². The molecule has 0 unspecified atom stereocenters. The van der Waals surface area contributed by atoms with E-state index < -0.39 is 0 Å². The fourth-order valence-electron chi connectivity index (χ4n) is 1.58. The van der Waals surface area contributed by atoms with Crippen molar-refractivity contribution < 1.29 is 0 Å². The van der Waals surface area contributed by atoms with E-state index in [1.165, 1.54) is 16.9 Å². The van der Waals surface area contributed by atoms with Crippen LogP contribution >= 0.6 is 11.3 Å². The normalized spacial score (nSPS) is 16.1. The molecule has 0 aromatic carbocycles. The monoisotopic (exact) mass is 182 g/mol. The maximum Gasteiger partial charge on any atom is 0.0216 e. The van der Waals surface area contributed by atoms with E-state index in [-0.39, 0.29) is 0 Å². The summed E-state index contributed by atoms with van der Waals surface area (Å²) < 4.78 is 0. The van der Waals surface area contributed by atoms with Crippen LogP contribution in [0.4, 0.5) is 0 Å². The summed E-state index contributed by atoms with van der Waals surface area (Å²) in [4.78, 5) is 3.02. The van der Waals surface area contributed by atoms with Crippen LogP contribution in [0.25, 0.3) is 0 Å². The quantitative estimate of drug-likeness (QED) is 0.713. The van der Waals surface area contributed by atoms with Crippen molar-refractivity contribution in [3.8, 4) is 0 Å². The molecule has 3 heteroatoms. The van der Waals surface area contributed by atoms with Crippen molar-refractivity contribution in [3.05, 3.63) is 21.4 Å². The molecule has 3 N–H and O–H groups in total. The van der Waals surface area contributed by atoms with Crippen LogP contribution < -0.4 is 11.1 Å². The van der Waals surface area contributed by atoms with E-state index in [4.69, 9.17) is 5.73 Å². The molecule has 1 aromatic heterocycles. The number of nitrogens with two attached hydrogens (primary N) is 1. The fraction of sp³-hybridized carbons (Fsp3) is 0.556. The number of hydrogen-bond acceptors (Lipinski definition) is 3. The van der Waals surface area contributed by atoms with E-state index in [1.54, 1.807) is 4.88 Å². The highest BCUT2D eigenvalue weighted by Crippen LogP contribution is 2.25. The second-order valence-corrected chi connectivity index (χ2v) is 4.35. The van der Waals surface area contributed by atoms with Crippen LogP contribution in [-0.2, 0) is 19.4 Å². The molecule has 66 valence electrons. The van der Waals surface area contributed by atoms with Gasteiger partial charge in [0.25, 0.3) is 0 Å². The molecule has 0 bridgehead atoms. The Labute approximate surface area is 76.8 Å². The summed E-state index contributed by atoms with van der Waals surface area (Å²) in [5, 5.41) is 3.37. The van der Waals surface area contributed by atoms with Gasteiger partial charge in [0.15, 0.2) is 0 Å². The van der Waals surface area contributed by atoms with Crippen molar-refractivity contribution in [1.82, 2.24) is 5.32 Å². The average Bonchev–Trinajstić information content (AvgIpc) is 2.47. The molecule has 0 fully saturated rings. The summed E-state index contributed by atoms with van der Waals surface area (Å²) in [6.45, 7) is 2.96. The molecule has 1 aromatic rings. The third kappa shape index (κ3) is 1.53. The van der Waals surface area contributed by atoms with Crippen molar-refractivity contribution in [1.29, 1.82) is 0 Å². The molecular formula is C9H14N2S. The van der Waals surface area contributed by atoms with Gasteiger partial charge in [-0.25, -0.2) is 0 Å². The van der Waals surface area contributed by atoms with E-state index >= 15 is 0 Å². The number of nitrogens with one attached hydrogen (secondary N) is 1. The molecule has 0 amide bonds. The van der Waals surface area contributed by atoms with Crippen LogP contribution in [0.3, 0.4) is 0 Å². The highest BCUT2D eigenvalue weighted by molar-refractivity contribution is 7.12. The average molecular weight is 182 g/mol. The zero-order chi connectivity index (χ0) is 8.39. The molecule has 2 rings (SSSR count). The Hall–Kier alpha value is -0.380. The minimum atomic E-state index is 0.771. The first kappa shape index (κ1) is 8.23. The van der Waals surface area contributed by atoms with Crippen LogP contribution in [-0.4, -0.2) is 13.1 Å². The minimum Gasteiger partial charge on any atom is -0.330 e. The van der Waals surface area contributed by atoms with Gasteiger partial charge in [-0.1, -0.05) is 0 Å². The number of hydrogen-bond donors (Lipinski definition) is 2. The molecule has 0 saturated heterocycles. The van der Waals surface area contributed by atoms with Crippen LogP contribution in [0.1, 0.15) is 15.3 Å². The van der Waals surface area contributed by atoms with Gasteiger partial charge in [0, 0.05) is 22.8 Å². The Morgan fingerprint density at radius 1 is 1.58 bits per heavy atom. The third-order valence-electron chi connectivity index (χ3n) is 2.18. The number of rotatable bonds is 2. The van der Waals surface area contributed by atoms with Crippen molar-refractivity contribution in [2.45, 2.75) is 19.4 Å². The van der Waals surface area contributed by atoms with E-state index in [9.17, 15) is 0 Å². The van der Waals surface area contributed by atoms with Gasteiger partial charge in [-0.3, -0.25) is 0 Å². The Morgan fingerprint density at radius 3 is 3.25 bits per heavy atom. The summed E-state index contributed by atoms with van der Waals surface area (Å²) in [5.74, 6) is 0. The van der Waals surface area contributed by atoms with E-state index in [2.05, 4.69) is 11.4 Å². The lowest BCUT2D eigenvalue weighted by Gasteiger charge is -2.10. The molecule has 1 aliphatic rings. The zero-order valence-corrected chi connectivity index (χ0v) is 7.91. The SMILES string of the molecule is NCCc1cc2c(s1)CCNC2. The van der Waals surface area contributed by atoms with Gasteiger partial charge >= 0.3 is 0 Å². The lowest BCUT2D eigenvalue weighted by Crippen LogP contribution is -2.21. The van der Waals surface area contributed by atoms with Gasteiger partial charge in [0.1, 0.15) is 0 Å². The van der Waals surface area contributed by atoms with Crippen LogP contribution in [0.2, 0.25) is 0 Å². The number of fused-ring (bicyclic) bond motifs is 1. The summed E-state index contributed by atoms with van der Waals surface area (Å²) >= 11 is 1.94. The maximum absolute atomic E-state index is 5.51. The molecule has 2 nitrogen and oxygen atoms in total. The van der Waals surface area contributed by atoms with E-state index in [0.717, 1.165) is 26.1 Å². The van der Waals surface area contributed by atoms with Gasteiger partial charge in [0.05, 0.1) is 0 Å². The van der Waals surface area contributed by atoms with Crippen molar-refractivity contribution in [2.75, 3.05) is 13.1 Å². The van der Waals surface area contributed by atoms with Gasteiger partial charge in [-0.05, 0) is 31.0 Å². The molecule has 12 heavy (non-hydrogen) atoms. The summed E-state index contributed by atoms with van der Waals surface area (Å²) in [5.41, 5.74) is 7.00. The molecule has 0 atom stereocenters. The van der Waals surface area contributed by atoms with Crippen LogP contribution in [0.5, 0.6) is 0 Å². The second-order valence-electron chi connectivity index (χ2n) is 3.13. The fourth-order valence-corrected chi connectivity index (χ4v) is 2.78. The lowest BCUT2D eigenvalue weighted by molar-refractivity contribution is 0.652. The Balaban J connectivity index is 2.20. The van der Waals surface area contributed by atoms with Crippen molar-refractivity contribution >= 4 is 11.3 Å². The summed E-state index contributed by atoms with van der Waals surface area (Å²) in [7, 11) is 0. The van der Waals surface area contributed by atoms with Gasteiger partial charge in [-0.15, -0.1) is 11.3 Å². The molecular weight excluding hydrogens is 168 g/mol. The molecule has 2 heterocycles. The minimum absolute atomic E-state index is 0.771. The van der Waals surface area contributed by atoms with E-state index in [0.29, 0.717) is 0 Å². The molecule has 0 aliphatic carbocycles. The topological polar surface area (TPSA) is 38.0 Å². The first-order valence-electron chi connectivity index (χ1n) is 4.41. The van der Waals surface area contributed by atoms with Crippen LogP contribution in [0.15, 0.2) is 6.07 Å². The third-order valence-corrected chi connectivity index (χ3v) is 3.48. The Kier molecular flexibility index (Phi) is 2.44. The molecule has 0 spiro atoms. The highest BCUT2D eigenvalue weighted by atomic mass is 32.1. The highest BCUT2D eigenvalue weighted by Gasteiger charge is 2.11. The predicted octanol–water partition coefficient (Wildman–Crippen LogP) is 0.895. The standard InChI is InChI=1S/C9H14N2S/c10-3-1-8-5-7-6-11-4-2-9(7)12-8/h5,11H,1-4,6,10H2. The van der Waals surface area contributed by atoms with Crippen LogP contribution in [0, 0.1) is 0 Å². The first-order valence-corrected chi connectivity index (χ1v) is 5.23. The Morgan fingerprint density at radius 2 is 2.50 bits per heavy atom.